The Balaban J connectivity index is 1.34. The number of piperidine rings is 1. The van der Waals surface area contributed by atoms with Gasteiger partial charge in [0.05, 0.1) is 22.9 Å². The van der Waals surface area contributed by atoms with Gasteiger partial charge in [-0.25, -0.2) is 9.50 Å². The van der Waals surface area contributed by atoms with Gasteiger partial charge in [0, 0.05) is 41.9 Å². The maximum atomic E-state index is 13.6. The van der Waals surface area contributed by atoms with Crippen molar-refractivity contribution in [3.05, 3.63) is 71.3 Å². The highest BCUT2D eigenvalue weighted by atomic mass is 16.2. The average Bonchev–Trinajstić information content (AvgIpc) is 3.52. The minimum atomic E-state index is -0.0254. The Kier molecular flexibility index (Phi) is 5.08. The molecule has 2 fully saturated rings. The van der Waals surface area contributed by atoms with Crippen LogP contribution in [0.5, 0.6) is 0 Å². The van der Waals surface area contributed by atoms with Crippen LogP contribution >= 0.6 is 0 Å². The fraction of sp³-hybridized carbons (Fsp3) is 0.407. The standard InChI is InChI=1S/C27H29N5O/c1-18-17-32-25(29-26(18)20-7-2-3-8-20)16-23(30-32)24-10-4-5-14-31(24)27(33)21-12-11-19-9-6-13-28-22(19)15-21/h6,9,11-13,15-17,20,24H,2-5,7-8,10,14H2,1H3. The molecule has 0 N–H and O–H groups in total. The average molecular weight is 440 g/mol. The number of carbonyl (C=O) groups is 1. The number of likely N-dealkylation sites (tertiary alicyclic amines) is 1. The summed E-state index contributed by atoms with van der Waals surface area (Å²) in [4.78, 5) is 25.0. The van der Waals surface area contributed by atoms with Crippen molar-refractivity contribution in [2.75, 3.05) is 6.54 Å². The van der Waals surface area contributed by atoms with Crippen molar-refractivity contribution >= 4 is 22.5 Å². The molecule has 1 aliphatic carbocycles. The second-order valence-electron chi connectivity index (χ2n) is 9.58. The third-order valence-electron chi connectivity index (χ3n) is 7.39. The summed E-state index contributed by atoms with van der Waals surface area (Å²) in [6, 6.07) is 11.8. The molecular formula is C27H29N5O. The third-order valence-corrected chi connectivity index (χ3v) is 7.39. The summed E-state index contributed by atoms with van der Waals surface area (Å²) < 4.78 is 1.90. The molecule has 0 bridgehead atoms. The van der Waals surface area contributed by atoms with E-state index in [2.05, 4.69) is 24.2 Å². The maximum absolute atomic E-state index is 13.6. The minimum absolute atomic E-state index is 0.0254. The molecule has 4 heterocycles. The SMILES string of the molecule is Cc1cn2nc(C3CCCCN3C(=O)c3ccc4cccnc4c3)cc2nc1C1CCCC1. The van der Waals surface area contributed by atoms with E-state index in [0.717, 1.165) is 48.1 Å². The van der Waals surface area contributed by atoms with Crippen LogP contribution in [0.15, 0.2) is 48.8 Å². The van der Waals surface area contributed by atoms with Gasteiger partial charge in [0.1, 0.15) is 0 Å². The van der Waals surface area contributed by atoms with Crippen LogP contribution in [0.25, 0.3) is 16.6 Å². The molecule has 0 radical (unpaired) electrons. The molecule has 1 aromatic carbocycles. The van der Waals surface area contributed by atoms with E-state index in [-0.39, 0.29) is 11.9 Å². The molecule has 1 saturated heterocycles. The Morgan fingerprint density at radius 2 is 1.88 bits per heavy atom. The summed E-state index contributed by atoms with van der Waals surface area (Å²) in [5.74, 6) is 0.628. The van der Waals surface area contributed by atoms with Crippen molar-refractivity contribution in [1.29, 1.82) is 0 Å². The number of aryl methyl sites for hydroxylation is 1. The molecule has 6 heteroatoms. The maximum Gasteiger partial charge on any atom is 0.254 e. The number of fused-ring (bicyclic) bond motifs is 2. The number of amides is 1. The molecule has 3 aromatic heterocycles. The molecule has 0 spiro atoms. The van der Waals surface area contributed by atoms with Crippen LogP contribution in [0.1, 0.15) is 84.2 Å². The Morgan fingerprint density at radius 1 is 1.03 bits per heavy atom. The summed E-state index contributed by atoms with van der Waals surface area (Å²) in [7, 11) is 0. The number of pyridine rings is 1. The van der Waals surface area contributed by atoms with Crippen molar-refractivity contribution in [1.82, 2.24) is 24.5 Å². The van der Waals surface area contributed by atoms with Gasteiger partial charge in [-0.1, -0.05) is 25.0 Å². The molecule has 1 aliphatic heterocycles. The largest absolute Gasteiger partial charge is 0.330 e. The molecule has 4 aromatic rings. The van der Waals surface area contributed by atoms with E-state index in [1.54, 1.807) is 6.20 Å². The first kappa shape index (κ1) is 20.3. The molecule has 1 unspecified atom stereocenters. The van der Waals surface area contributed by atoms with Gasteiger partial charge in [-0.2, -0.15) is 5.10 Å². The summed E-state index contributed by atoms with van der Waals surface area (Å²) in [6.45, 7) is 2.89. The zero-order chi connectivity index (χ0) is 22.4. The van der Waals surface area contributed by atoms with Crippen LogP contribution in [-0.2, 0) is 0 Å². The van der Waals surface area contributed by atoms with E-state index in [9.17, 15) is 4.79 Å². The zero-order valence-electron chi connectivity index (χ0n) is 19.1. The number of nitrogens with zero attached hydrogens (tertiary/aromatic N) is 5. The third kappa shape index (κ3) is 3.67. The van der Waals surface area contributed by atoms with E-state index < -0.39 is 0 Å². The zero-order valence-corrected chi connectivity index (χ0v) is 19.1. The van der Waals surface area contributed by atoms with Gasteiger partial charge in [-0.3, -0.25) is 9.78 Å². The number of hydrogen-bond acceptors (Lipinski definition) is 4. The van der Waals surface area contributed by atoms with Gasteiger partial charge in [0.15, 0.2) is 5.65 Å². The second kappa shape index (κ2) is 8.25. The van der Waals surface area contributed by atoms with Gasteiger partial charge in [0.25, 0.3) is 5.91 Å². The predicted octanol–water partition coefficient (Wildman–Crippen LogP) is 5.61. The lowest BCUT2D eigenvalue weighted by Gasteiger charge is -2.34. The van der Waals surface area contributed by atoms with Crippen LogP contribution in [0.4, 0.5) is 0 Å². The first-order valence-electron chi connectivity index (χ1n) is 12.2. The molecule has 6 nitrogen and oxygen atoms in total. The highest BCUT2D eigenvalue weighted by Gasteiger charge is 2.31. The van der Waals surface area contributed by atoms with Crippen molar-refractivity contribution in [2.24, 2.45) is 0 Å². The van der Waals surface area contributed by atoms with Crippen molar-refractivity contribution in [3.8, 4) is 0 Å². The molecule has 1 saturated carbocycles. The molecule has 168 valence electrons. The molecule has 1 amide bonds. The van der Waals surface area contributed by atoms with Gasteiger partial charge in [-0.05, 0) is 62.8 Å². The highest BCUT2D eigenvalue weighted by molar-refractivity contribution is 5.98. The number of benzene rings is 1. The smallest absolute Gasteiger partial charge is 0.254 e. The lowest BCUT2D eigenvalue weighted by atomic mass is 9.98. The molecule has 1 atom stereocenters. The van der Waals surface area contributed by atoms with E-state index >= 15 is 0 Å². The summed E-state index contributed by atoms with van der Waals surface area (Å²) in [6.07, 6.45) is 12.0. The van der Waals surface area contributed by atoms with Gasteiger partial charge in [-0.15, -0.1) is 0 Å². The summed E-state index contributed by atoms with van der Waals surface area (Å²) in [5, 5.41) is 5.93. The number of aromatic nitrogens is 4. The van der Waals surface area contributed by atoms with Crippen molar-refractivity contribution in [3.63, 3.8) is 0 Å². The Morgan fingerprint density at radius 3 is 2.76 bits per heavy atom. The van der Waals surface area contributed by atoms with E-state index in [1.807, 2.05) is 39.7 Å². The first-order valence-corrected chi connectivity index (χ1v) is 12.2. The molecule has 2 aliphatic rings. The quantitative estimate of drug-likeness (QED) is 0.416. The van der Waals surface area contributed by atoms with Crippen LogP contribution in [0.2, 0.25) is 0 Å². The second-order valence-corrected chi connectivity index (χ2v) is 9.58. The topological polar surface area (TPSA) is 63.4 Å². The normalized spacial score (nSPS) is 19.5. The molecule has 33 heavy (non-hydrogen) atoms. The predicted molar refractivity (Wildman–Crippen MR) is 128 cm³/mol. The lowest BCUT2D eigenvalue weighted by Crippen LogP contribution is -2.38. The fourth-order valence-electron chi connectivity index (χ4n) is 5.67. The van der Waals surface area contributed by atoms with E-state index in [1.165, 1.54) is 36.9 Å². The van der Waals surface area contributed by atoms with Gasteiger partial charge < -0.3 is 4.90 Å². The number of hydrogen-bond donors (Lipinski definition) is 0. The van der Waals surface area contributed by atoms with Crippen molar-refractivity contribution in [2.45, 2.75) is 63.8 Å². The summed E-state index contributed by atoms with van der Waals surface area (Å²) >= 11 is 0. The number of carbonyl (C=O) groups excluding carboxylic acids is 1. The van der Waals surface area contributed by atoms with E-state index in [0.29, 0.717) is 11.5 Å². The highest BCUT2D eigenvalue weighted by Crippen LogP contribution is 2.36. The van der Waals surface area contributed by atoms with Crippen LogP contribution < -0.4 is 0 Å². The monoisotopic (exact) mass is 439 g/mol. The molecular weight excluding hydrogens is 410 g/mol. The lowest BCUT2D eigenvalue weighted by molar-refractivity contribution is 0.0606. The van der Waals surface area contributed by atoms with Gasteiger partial charge >= 0.3 is 0 Å². The molecule has 6 rings (SSSR count). The van der Waals surface area contributed by atoms with Crippen LogP contribution in [-0.4, -0.2) is 36.9 Å². The minimum Gasteiger partial charge on any atom is -0.330 e. The Bertz CT molecular complexity index is 1340. The fourth-order valence-corrected chi connectivity index (χ4v) is 5.67. The Labute approximate surface area is 193 Å². The van der Waals surface area contributed by atoms with Crippen LogP contribution in [0.3, 0.4) is 0 Å². The van der Waals surface area contributed by atoms with Crippen molar-refractivity contribution < 1.29 is 4.79 Å². The Hall–Kier alpha value is -3.28. The first-order chi connectivity index (χ1) is 16.2. The summed E-state index contributed by atoms with van der Waals surface area (Å²) in [5.41, 5.74) is 5.82. The van der Waals surface area contributed by atoms with E-state index in [4.69, 9.17) is 10.1 Å². The van der Waals surface area contributed by atoms with Crippen LogP contribution in [0, 0.1) is 6.92 Å². The van der Waals surface area contributed by atoms with Gasteiger partial charge in [0.2, 0.25) is 0 Å². The number of rotatable bonds is 3.